The topological polar surface area (TPSA) is 37.8 Å². The number of nitrogens with zero attached hydrogens (tertiary/aromatic N) is 2. The van der Waals surface area contributed by atoms with Crippen molar-refractivity contribution in [3.8, 4) is 0 Å². The average Bonchev–Trinajstić information content (AvgIpc) is 3.08. The van der Waals surface area contributed by atoms with Gasteiger partial charge in [0.2, 0.25) is 0 Å². The largest absolute Gasteiger partial charge is 0.307 e. The van der Waals surface area contributed by atoms with E-state index in [1.54, 1.807) is 34.4 Å². The second kappa shape index (κ2) is 5.53. The minimum absolute atomic E-state index is 0.893. The standard InChI is InChI=1S/C16H13N3S3/c1-9-3-5-11-13(7-9)21-15(17-11)19-16-18-12-6-4-10(20-2)8-14(12)22-16/h3-8H,1-2H3,(H,17,18,19). The van der Waals surface area contributed by atoms with E-state index in [4.69, 9.17) is 0 Å². The second-order valence-electron chi connectivity index (χ2n) is 4.97. The van der Waals surface area contributed by atoms with Crippen LogP contribution in [-0.4, -0.2) is 16.2 Å². The zero-order valence-electron chi connectivity index (χ0n) is 12.1. The first-order valence-corrected chi connectivity index (χ1v) is 9.66. The summed E-state index contributed by atoms with van der Waals surface area (Å²) in [5.41, 5.74) is 3.32. The molecule has 0 aliphatic carbocycles. The van der Waals surface area contributed by atoms with Crippen LogP contribution >= 0.6 is 34.4 Å². The fourth-order valence-corrected chi connectivity index (χ4v) is 4.71. The van der Waals surface area contributed by atoms with Gasteiger partial charge in [-0.15, -0.1) is 11.8 Å². The third-order valence-electron chi connectivity index (χ3n) is 3.35. The van der Waals surface area contributed by atoms with E-state index < -0.39 is 0 Å². The van der Waals surface area contributed by atoms with Crippen LogP contribution < -0.4 is 5.32 Å². The van der Waals surface area contributed by atoms with Gasteiger partial charge in [0.15, 0.2) is 10.3 Å². The predicted molar refractivity (Wildman–Crippen MR) is 99.0 cm³/mol. The first-order chi connectivity index (χ1) is 10.7. The Morgan fingerprint density at radius 2 is 1.55 bits per heavy atom. The summed E-state index contributed by atoms with van der Waals surface area (Å²) in [6, 6.07) is 12.7. The van der Waals surface area contributed by atoms with Gasteiger partial charge in [0, 0.05) is 4.90 Å². The van der Waals surface area contributed by atoms with Crippen LogP contribution in [0.5, 0.6) is 0 Å². The molecule has 22 heavy (non-hydrogen) atoms. The van der Waals surface area contributed by atoms with Gasteiger partial charge >= 0.3 is 0 Å². The molecule has 0 aliphatic rings. The number of aromatic nitrogens is 2. The molecule has 2 heterocycles. The van der Waals surface area contributed by atoms with E-state index in [-0.39, 0.29) is 0 Å². The van der Waals surface area contributed by atoms with E-state index >= 15 is 0 Å². The van der Waals surface area contributed by atoms with Crippen molar-refractivity contribution >= 4 is 65.1 Å². The van der Waals surface area contributed by atoms with E-state index in [9.17, 15) is 0 Å². The molecule has 0 radical (unpaired) electrons. The van der Waals surface area contributed by atoms with Gasteiger partial charge in [0.1, 0.15) is 0 Å². The molecule has 110 valence electrons. The molecule has 3 nitrogen and oxygen atoms in total. The summed E-state index contributed by atoms with van der Waals surface area (Å²) in [4.78, 5) is 10.5. The van der Waals surface area contributed by atoms with E-state index in [0.717, 1.165) is 21.3 Å². The summed E-state index contributed by atoms with van der Waals surface area (Å²) in [7, 11) is 0. The normalized spacial score (nSPS) is 11.4. The van der Waals surface area contributed by atoms with E-state index in [1.807, 2.05) is 0 Å². The molecule has 0 saturated carbocycles. The number of fused-ring (bicyclic) bond motifs is 2. The summed E-state index contributed by atoms with van der Waals surface area (Å²) >= 11 is 5.08. The molecule has 6 heteroatoms. The van der Waals surface area contributed by atoms with Crippen molar-refractivity contribution in [3.05, 3.63) is 42.0 Å². The van der Waals surface area contributed by atoms with Crippen LogP contribution in [0.25, 0.3) is 20.4 Å². The van der Waals surface area contributed by atoms with Crippen molar-refractivity contribution in [2.24, 2.45) is 0 Å². The molecular weight excluding hydrogens is 330 g/mol. The number of thiazole rings is 2. The molecule has 2 aromatic carbocycles. The molecule has 0 fully saturated rings. The lowest BCUT2D eigenvalue weighted by Gasteiger charge is -1.93. The fraction of sp³-hybridized carbons (Fsp3) is 0.125. The maximum Gasteiger partial charge on any atom is 0.190 e. The van der Waals surface area contributed by atoms with Crippen molar-refractivity contribution in [2.45, 2.75) is 11.8 Å². The first-order valence-electron chi connectivity index (χ1n) is 6.80. The highest BCUT2D eigenvalue weighted by Crippen LogP contribution is 2.33. The number of hydrogen-bond donors (Lipinski definition) is 1. The monoisotopic (exact) mass is 343 g/mol. The number of nitrogens with one attached hydrogen (secondary N) is 1. The number of aryl methyl sites for hydroxylation is 1. The van der Waals surface area contributed by atoms with E-state index in [1.165, 1.54) is 19.9 Å². The molecule has 0 aliphatic heterocycles. The Kier molecular flexibility index (Phi) is 3.52. The molecule has 4 aromatic rings. The Balaban J connectivity index is 1.69. The number of anilines is 2. The van der Waals surface area contributed by atoms with Crippen molar-refractivity contribution in [3.63, 3.8) is 0 Å². The Morgan fingerprint density at radius 3 is 2.23 bits per heavy atom. The second-order valence-corrected chi connectivity index (χ2v) is 7.91. The Labute approximate surface area is 140 Å². The Bertz CT molecular complexity index is 971. The van der Waals surface area contributed by atoms with E-state index in [0.29, 0.717) is 0 Å². The van der Waals surface area contributed by atoms with Gasteiger partial charge in [0.05, 0.1) is 20.4 Å². The molecule has 0 unspecified atom stereocenters. The summed E-state index contributed by atoms with van der Waals surface area (Å²) < 4.78 is 2.40. The van der Waals surface area contributed by atoms with Gasteiger partial charge in [-0.05, 0) is 49.1 Å². The maximum absolute atomic E-state index is 4.64. The van der Waals surface area contributed by atoms with Crippen molar-refractivity contribution in [2.75, 3.05) is 11.6 Å². The van der Waals surface area contributed by atoms with Gasteiger partial charge < -0.3 is 5.32 Å². The third kappa shape index (κ3) is 2.58. The molecule has 0 atom stereocenters. The minimum Gasteiger partial charge on any atom is -0.307 e. The van der Waals surface area contributed by atoms with Crippen LogP contribution in [-0.2, 0) is 0 Å². The smallest absolute Gasteiger partial charge is 0.190 e. The average molecular weight is 344 g/mol. The molecule has 4 rings (SSSR count). The summed E-state index contributed by atoms with van der Waals surface area (Å²) in [5.74, 6) is 0. The predicted octanol–water partition coefficient (Wildman–Crippen LogP) is 5.68. The molecule has 0 bridgehead atoms. The lowest BCUT2D eigenvalue weighted by Crippen LogP contribution is -1.87. The summed E-state index contributed by atoms with van der Waals surface area (Å²) in [5, 5.41) is 5.13. The van der Waals surface area contributed by atoms with Gasteiger partial charge in [-0.3, -0.25) is 0 Å². The van der Waals surface area contributed by atoms with Gasteiger partial charge in [-0.25, -0.2) is 9.97 Å². The molecule has 0 spiro atoms. The van der Waals surface area contributed by atoms with Crippen LogP contribution in [0.1, 0.15) is 5.56 Å². The van der Waals surface area contributed by atoms with Crippen LogP contribution in [0.3, 0.4) is 0 Å². The van der Waals surface area contributed by atoms with Crippen LogP contribution in [0.15, 0.2) is 41.3 Å². The number of hydrogen-bond acceptors (Lipinski definition) is 6. The molecule has 0 amide bonds. The quantitative estimate of drug-likeness (QED) is 0.486. The lowest BCUT2D eigenvalue weighted by molar-refractivity contribution is 1.39. The highest BCUT2D eigenvalue weighted by Gasteiger charge is 2.08. The highest BCUT2D eigenvalue weighted by atomic mass is 32.2. The summed E-state index contributed by atoms with van der Waals surface area (Å²) in [6.07, 6.45) is 2.09. The van der Waals surface area contributed by atoms with Gasteiger partial charge in [-0.1, -0.05) is 28.7 Å². The van der Waals surface area contributed by atoms with Crippen molar-refractivity contribution in [1.29, 1.82) is 0 Å². The Morgan fingerprint density at radius 1 is 0.909 bits per heavy atom. The van der Waals surface area contributed by atoms with E-state index in [2.05, 4.69) is 64.9 Å². The molecule has 1 N–H and O–H groups in total. The SMILES string of the molecule is CSc1ccc2nc(Nc3nc4ccc(C)cc4s3)sc2c1. The lowest BCUT2D eigenvalue weighted by atomic mass is 10.2. The van der Waals surface area contributed by atoms with Gasteiger partial charge in [0.25, 0.3) is 0 Å². The van der Waals surface area contributed by atoms with Crippen molar-refractivity contribution < 1.29 is 0 Å². The number of thioether (sulfide) groups is 1. The first kappa shape index (κ1) is 14.0. The fourth-order valence-electron chi connectivity index (χ4n) is 2.26. The van der Waals surface area contributed by atoms with Gasteiger partial charge in [-0.2, -0.15) is 0 Å². The van der Waals surface area contributed by atoms with Crippen LogP contribution in [0.4, 0.5) is 10.3 Å². The highest BCUT2D eigenvalue weighted by molar-refractivity contribution is 7.98. The zero-order chi connectivity index (χ0) is 15.1. The maximum atomic E-state index is 4.64. The summed E-state index contributed by atoms with van der Waals surface area (Å²) in [6.45, 7) is 2.10. The molecule has 0 saturated heterocycles. The van der Waals surface area contributed by atoms with Crippen LogP contribution in [0, 0.1) is 6.92 Å². The molecule has 2 aromatic heterocycles. The third-order valence-corrected chi connectivity index (χ3v) is 5.95. The van der Waals surface area contributed by atoms with Crippen molar-refractivity contribution in [1.82, 2.24) is 9.97 Å². The number of benzene rings is 2. The Hall–Kier alpha value is -1.63. The zero-order valence-corrected chi connectivity index (χ0v) is 14.5. The number of rotatable bonds is 3. The molecular formula is C16H13N3S3. The van der Waals surface area contributed by atoms with Crippen LogP contribution in [0.2, 0.25) is 0 Å². The minimum atomic E-state index is 0.893.